The van der Waals surface area contributed by atoms with Crippen LogP contribution in [0.25, 0.3) is 0 Å². The summed E-state index contributed by atoms with van der Waals surface area (Å²) in [5.74, 6) is 1.43. The number of ether oxygens (including phenoxy) is 2. The van der Waals surface area contributed by atoms with E-state index in [0.717, 1.165) is 58.2 Å². The second-order valence-corrected chi connectivity index (χ2v) is 8.59. The van der Waals surface area contributed by atoms with E-state index >= 15 is 0 Å². The molecule has 0 aromatic rings. The molecule has 0 saturated carbocycles. The number of morpholine rings is 1. The molecule has 1 unspecified atom stereocenters. The first-order valence-corrected chi connectivity index (χ1v) is 10.4. The molecule has 1 aliphatic rings. The summed E-state index contributed by atoms with van der Waals surface area (Å²) in [4.78, 5) is 18.4. The van der Waals surface area contributed by atoms with E-state index in [1.807, 2.05) is 20.8 Å². The van der Waals surface area contributed by atoms with Crippen LogP contribution in [0.4, 0.5) is 4.79 Å². The molecule has 3 N–H and O–H groups in total. The average Bonchev–Trinajstić information content (AvgIpc) is 2.61. The van der Waals surface area contributed by atoms with Crippen molar-refractivity contribution in [2.45, 2.75) is 59.1 Å². The number of carbonyl (C=O) groups excluding carboxylic acids is 1. The number of nitrogens with zero attached hydrogens (tertiary/aromatic N) is 2. The van der Waals surface area contributed by atoms with Crippen molar-refractivity contribution in [3.05, 3.63) is 0 Å². The lowest BCUT2D eigenvalue weighted by Crippen LogP contribution is -2.51. The van der Waals surface area contributed by atoms with Gasteiger partial charge in [0.2, 0.25) is 0 Å². The van der Waals surface area contributed by atoms with E-state index in [1.54, 1.807) is 7.05 Å². The van der Waals surface area contributed by atoms with Gasteiger partial charge in [-0.2, -0.15) is 0 Å². The molecular weight excluding hydrogens is 358 g/mol. The summed E-state index contributed by atoms with van der Waals surface area (Å²) in [6.07, 6.45) is 1.56. The molecule has 1 rings (SSSR count). The molecule has 1 amide bonds. The third kappa shape index (κ3) is 11.3. The Kier molecular flexibility index (Phi) is 11.2. The molecule has 0 aromatic heterocycles. The fraction of sp³-hybridized carbons (Fsp3) is 0.900. The molecule has 1 heterocycles. The van der Waals surface area contributed by atoms with Gasteiger partial charge >= 0.3 is 6.09 Å². The maximum atomic E-state index is 11.6. The first kappa shape index (κ1) is 24.5. The number of alkyl carbamates (subject to hydrolysis) is 1. The van der Waals surface area contributed by atoms with Gasteiger partial charge in [0, 0.05) is 45.8 Å². The molecule has 1 atom stereocenters. The lowest BCUT2D eigenvalue weighted by atomic mass is 10.0. The molecule has 28 heavy (non-hydrogen) atoms. The minimum atomic E-state index is -0.471. The summed E-state index contributed by atoms with van der Waals surface area (Å²) in [6.45, 7) is 15.8. The first-order chi connectivity index (χ1) is 13.2. The normalized spacial score (nSPS) is 17.3. The smallest absolute Gasteiger partial charge is 0.407 e. The zero-order chi connectivity index (χ0) is 21.0. The predicted molar refractivity (Wildman–Crippen MR) is 114 cm³/mol. The van der Waals surface area contributed by atoms with Crippen molar-refractivity contribution >= 4 is 12.1 Å². The van der Waals surface area contributed by atoms with Gasteiger partial charge < -0.3 is 25.4 Å². The third-order valence-electron chi connectivity index (χ3n) is 4.35. The van der Waals surface area contributed by atoms with Crippen LogP contribution in [-0.2, 0) is 9.47 Å². The molecule has 8 heteroatoms. The number of amides is 1. The van der Waals surface area contributed by atoms with Crippen LogP contribution in [0.15, 0.2) is 4.99 Å². The van der Waals surface area contributed by atoms with Crippen molar-refractivity contribution in [1.82, 2.24) is 20.9 Å². The van der Waals surface area contributed by atoms with Gasteiger partial charge in [-0.3, -0.25) is 9.89 Å². The zero-order valence-electron chi connectivity index (χ0n) is 18.6. The van der Waals surface area contributed by atoms with Gasteiger partial charge in [-0.25, -0.2) is 4.79 Å². The molecule has 0 aromatic carbocycles. The Morgan fingerprint density at radius 1 is 1.14 bits per heavy atom. The van der Waals surface area contributed by atoms with Crippen LogP contribution in [-0.4, -0.2) is 81.6 Å². The Balaban J connectivity index is 2.29. The fourth-order valence-electron chi connectivity index (χ4n) is 3.08. The summed E-state index contributed by atoms with van der Waals surface area (Å²) < 4.78 is 10.7. The van der Waals surface area contributed by atoms with Crippen molar-refractivity contribution in [2.24, 2.45) is 10.9 Å². The number of hydrogen-bond acceptors (Lipinski definition) is 5. The maximum Gasteiger partial charge on any atom is 0.407 e. The zero-order valence-corrected chi connectivity index (χ0v) is 18.6. The summed E-state index contributed by atoms with van der Waals surface area (Å²) in [6, 6.07) is 0.469. The quantitative estimate of drug-likeness (QED) is 0.311. The Labute approximate surface area is 170 Å². The molecule has 8 nitrogen and oxygen atoms in total. The van der Waals surface area contributed by atoms with Crippen molar-refractivity contribution in [3.63, 3.8) is 0 Å². The highest BCUT2D eigenvalue weighted by atomic mass is 16.6. The second-order valence-electron chi connectivity index (χ2n) is 8.59. The van der Waals surface area contributed by atoms with Crippen molar-refractivity contribution in [1.29, 1.82) is 0 Å². The lowest BCUT2D eigenvalue weighted by Gasteiger charge is -2.35. The Bertz CT molecular complexity index is 471. The van der Waals surface area contributed by atoms with Crippen LogP contribution < -0.4 is 16.0 Å². The molecule has 1 saturated heterocycles. The highest BCUT2D eigenvalue weighted by Gasteiger charge is 2.22. The minimum Gasteiger partial charge on any atom is -0.444 e. The Morgan fingerprint density at radius 3 is 2.36 bits per heavy atom. The topological polar surface area (TPSA) is 87.2 Å². The van der Waals surface area contributed by atoms with Crippen LogP contribution >= 0.6 is 0 Å². The molecule has 0 radical (unpaired) electrons. The van der Waals surface area contributed by atoms with E-state index in [-0.39, 0.29) is 6.09 Å². The van der Waals surface area contributed by atoms with Crippen molar-refractivity contribution in [3.8, 4) is 0 Å². The molecule has 0 aliphatic carbocycles. The number of rotatable bonds is 9. The van der Waals surface area contributed by atoms with Crippen LogP contribution in [0.3, 0.4) is 0 Å². The van der Waals surface area contributed by atoms with E-state index in [1.165, 1.54) is 0 Å². The number of carbonyl (C=O) groups is 1. The van der Waals surface area contributed by atoms with Gasteiger partial charge in [0.15, 0.2) is 5.96 Å². The third-order valence-corrected chi connectivity index (χ3v) is 4.35. The van der Waals surface area contributed by atoms with Gasteiger partial charge in [-0.05, 0) is 39.5 Å². The summed E-state index contributed by atoms with van der Waals surface area (Å²) in [5, 5.41) is 9.52. The highest BCUT2D eigenvalue weighted by Crippen LogP contribution is 2.13. The van der Waals surface area contributed by atoms with Crippen LogP contribution in [0.2, 0.25) is 0 Å². The Hall–Kier alpha value is -1.54. The van der Waals surface area contributed by atoms with E-state index < -0.39 is 5.60 Å². The summed E-state index contributed by atoms with van der Waals surface area (Å²) in [5.41, 5.74) is -0.471. The molecular formula is C20H41N5O3. The number of aliphatic imine (C=N–C) groups is 1. The number of nitrogens with one attached hydrogen (secondary N) is 3. The largest absolute Gasteiger partial charge is 0.444 e. The van der Waals surface area contributed by atoms with Crippen LogP contribution in [0.1, 0.15) is 47.5 Å². The van der Waals surface area contributed by atoms with Crippen LogP contribution in [0, 0.1) is 5.92 Å². The SMILES string of the molecule is CN=C(NCCCNC(=O)OC(C)(C)C)NCC(CC(C)C)N1CCOCC1. The van der Waals surface area contributed by atoms with Crippen molar-refractivity contribution < 1.29 is 14.3 Å². The predicted octanol–water partition coefficient (Wildman–Crippen LogP) is 1.81. The number of hydrogen-bond donors (Lipinski definition) is 3. The first-order valence-electron chi connectivity index (χ1n) is 10.4. The monoisotopic (exact) mass is 399 g/mol. The lowest BCUT2D eigenvalue weighted by molar-refractivity contribution is 0.0132. The standard InChI is InChI=1S/C20H41N5O3/c1-16(2)14-17(25-10-12-27-13-11-25)15-24-18(21-6)22-8-7-9-23-19(26)28-20(3,4)5/h16-17H,7-15H2,1-6H3,(H,23,26)(H2,21,22,24). The average molecular weight is 400 g/mol. The molecule has 1 fully saturated rings. The van der Waals surface area contributed by atoms with E-state index in [9.17, 15) is 4.79 Å². The van der Waals surface area contributed by atoms with E-state index in [0.29, 0.717) is 18.5 Å². The molecule has 0 bridgehead atoms. The maximum absolute atomic E-state index is 11.6. The van der Waals surface area contributed by atoms with E-state index in [2.05, 4.69) is 39.7 Å². The molecule has 0 spiro atoms. The van der Waals surface area contributed by atoms with Gasteiger partial charge in [-0.1, -0.05) is 13.8 Å². The Morgan fingerprint density at radius 2 is 1.79 bits per heavy atom. The van der Waals surface area contributed by atoms with Crippen LogP contribution in [0.5, 0.6) is 0 Å². The summed E-state index contributed by atoms with van der Waals surface area (Å²) >= 11 is 0. The molecule has 164 valence electrons. The van der Waals surface area contributed by atoms with Gasteiger partial charge in [0.25, 0.3) is 0 Å². The minimum absolute atomic E-state index is 0.378. The highest BCUT2D eigenvalue weighted by molar-refractivity contribution is 5.79. The number of guanidine groups is 1. The van der Waals surface area contributed by atoms with Gasteiger partial charge in [0.05, 0.1) is 13.2 Å². The van der Waals surface area contributed by atoms with Gasteiger partial charge in [0.1, 0.15) is 5.60 Å². The van der Waals surface area contributed by atoms with Crippen molar-refractivity contribution in [2.75, 3.05) is 53.0 Å². The summed E-state index contributed by atoms with van der Waals surface area (Å²) in [7, 11) is 1.78. The molecule has 1 aliphatic heterocycles. The fourth-order valence-corrected chi connectivity index (χ4v) is 3.08. The van der Waals surface area contributed by atoms with E-state index in [4.69, 9.17) is 9.47 Å². The van der Waals surface area contributed by atoms with Gasteiger partial charge in [-0.15, -0.1) is 0 Å². The second kappa shape index (κ2) is 12.8.